The van der Waals surface area contributed by atoms with Crippen molar-refractivity contribution in [3.8, 4) is 0 Å². The zero-order valence-corrected chi connectivity index (χ0v) is 36.4. The minimum absolute atomic E-state index is 0.0189. The number of rotatable bonds is 17. The molecule has 0 aromatic carbocycles. The Morgan fingerprint density at radius 2 is 1.46 bits per heavy atom. The monoisotopic (exact) mass is 790 g/mol. The Labute approximate surface area is 343 Å². The van der Waals surface area contributed by atoms with Gasteiger partial charge in [-0.1, -0.05) is 86.5 Å². The van der Waals surface area contributed by atoms with E-state index < -0.39 is 35.1 Å². The summed E-state index contributed by atoms with van der Waals surface area (Å²) in [7, 11) is 0. The predicted molar refractivity (Wildman–Crippen MR) is 221 cm³/mol. The molecule has 2 amide bonds. The summed E-state index contributed by atoms with van der Waals surface area (Å²) in [4.78, 5) is 89.8. The predicted octanol–water partition coefficient (Wildman–Crippen LogP) is 8.19. The van der Waals surface area contributed by atoms with Crippen molar-refractivity contribution in [1.29, 1.82) is 0 Å². The van der Waals surface area contributed by atoms with Crippen LogP contribution in [0.2, 0.25) is 0 Å². The van der Waals surface area contributed by atoms with Crippen molar-refractivity contribution in [2.75, 3.05) is 13.1 Å². The molecular formula is C48H75N3O6. The molecule has 7 aliphatic rings. The Balaban J connectivity index is 1.13. The van der Waals surface area contributed by atoms with Gasteiger partial charge in [-0.05, 0) is 112 Å². The maximum atomic E-state index is 15.3. The highest BCUT2D eigenvalue weighted by atomic mass is 16.2. The Bertz CT molecular complexity index is 1560. The van der Waals surface area contributed by atoms with Gasteiger partial charge >= 0.3 is 0 Å². The van der Waals surface area contributed by atoms with Gasteiger partial charge in [0.2, 0.25) is 17.6 Å². The largest absolute Gasteiger partial charge is 0.345 e. The summed E-state index contributed by atoms with van der Waals surface area (Å²) >= 11 is 0. The highest BCUT2D eigenvalue weighted by Crippen LogP contribution is 2.88. The SMILES string of the molecule is CCC[C@H](CC(=O)[C@@H]1C[C@@]2(CN1C(=O)[C@@H](CC(=O)[C@@H](NC(=O)[C@@H]1CCCCN1C1CCC1)C1CCCCC1)C(C)(C)C)C(C)(C)C21CCC1)C(=O)C(=O)CC1CC1. The van der Waals surface area contributed by atoms with Crippen LogP contribution >= 0.6 is 0 Å². The number of nitrogens with one attached hydrogen (secondary N) is 1. The molecular weight excluding hydrogens is 715 g/mol. The van der Waals surface area contributed by atoms with Gasteiger partial charge in [0, 0.05) is 49.1 Å². The van der Waals surface area contributed by atoms with E-state index in [1.54, 1.807) is 0 Å². The molecule has 9 nitrogen and oxygen atoms in total. The van der Waals surface area contributed by atoms with Gasteiger partial charge in [-0.15, -0.1) is 0 Å². The summed E-state index contributed by atoms with van der Waals surface area (Å²) in [6.07, 6.45) is 18.8. The molecule has 9 heteroatoms. The van der Waals surface area contributed by atoms with Crippen LogP contribution in [0.4, 0.5) is 0 Å². The lowest BCUT2D eigenvalue weighted by atomic mass is 9.73. The number of hydrogen-bond acceptors (Lipinski definition) is 7. The number of likely N-dealkylation sites (tertiary alicyclic amines) is 2. The first kappa shape index (κ1) is 42.7. The van der Waals surface area contributed by atoms with Crippen molar-refractivity contribution >= 4 is 34.9 Å². The Hall–Kier alpha value is -2.42. The van der Waals surface area contributed by atoms with Crippen molar-refractivity contribution in [2.24, 2.45) is 45.3 Å². The molecule has 0 aromatic heterocycles. The maximum absolute atomic E-state index is 15.3. The second-order valence-corrected chi connectivity index (χ2v) is 21.7. The molecule has 5 saturated carbocycles. The van der Waals surface area contributed by atoms with Crippen LogP contribution in [-0.2, 0) is 28.8 Å². The van der Waals surface area contributed by atoms with Crippen LogP contribution in [0.3, 0.4) is 0 Å². The third-order valence-corrected chi connectivity index (χ3v) is 17.3. The zero-order chi connectivity index (χ0) is 40.9. The number of ketones is 4. The number of piperidine rings is 1. The second-order valence-electron chi connectivity index (χ2n) is 21.7. The standard InChI is InChI=1S/C48H75N3O6/c1-7-15-33(42(55)40(54)26-31-21-22-31)27-38(52)37-29-48(46(5,6)47(48)23-14-24-47)30-51(37)44(57)35(45(2,3)4)28-39(53)41(32-16-9-8-10-17-32)49-43(56)36-20-11-12-25-50(36)34-18-13-19-34/h31-37,41H,7-30H2,1-6H3,(H,49,56)/t33-,35-,36+,37+,41+,48-/m1/s1. The maximum Gasteiger partial charge on any atom is 0.237 e. The number of Topliss-reactive ketones (excluding diaryl/α,β-unsaturated/α-hetero) is 4. The molecule has 0 aromatic rings. The number of nitrogens with zero attached hydrogens (tertiary/aromatic N) is 2. The van der Waals surface area contributed by atoms with Gasteiger partial charge in [0.15, 0.2) is 17.3 Å². The topological polar surface area (TPSA) is 121 Å². The van der Waals surface area contributed by atoms with Gasteiger partial charge in [-0.3, -0.25) is 33.7 Å². The van der Waals surface area contributed by atoms with E-state index in [0.29, 0.717) is 37.8 Å². The fourth-order valence-corrected chi connectivity index (χ4v) is 12.9. The molecule has 57 heavy (non-hydrogen) atoms. The number of carbonyl (C=O) groups is 6. The minimum atomic E-state index is -0.681. The van der Waals surface area contributed by atoms with Gasteiger partial charge in [-0.25, -0.2) is 0 Å². The second kappa shape index (κ2) is 16.6. The molecule has 1 N–H and O–H groups in total. The van der Waals surface area contributed by atoms with E-state index in [9.17, 15) is 24.0 Å². The number of hydrogen-bond donors (Lipinski definition) is 1. The number of carbonyl (C=O) groups excluding carboxylic acids is 6. The average Bonchev–Trinajstić information content (AvgIpc) is 3.96. The van der Waals surface area contributed by atoms with E-state index in [1.807, 2.05) is 32.6 Å². The fraction of sp³-hybridized carbons (Fsp3) is 0.875. The van der Waals surface area contributed by atoms with Crippen LogP contribution < -0.4 is 5.32 Å². The first-order valence-electron chi connectivity index (χ1n) is 23.5. The van der Waals surface area contributed by atoms with E-state index in [2.05, 4.69) is 24.1 Å². The minimum Gasteiger partial charge on any atom is -0.345 e. The Morgan fingerprint density at radius 1 is 0.772 bits per heavy atom. The summed E-state index contributed by atoms with van der Waals surface area (Å²) < 4.78 is 0. The van der Waals surface area contributed by atoms with Gasteiger partial charge < -0.3 is 10.2 Å². The quantitative estimate of drug-likeness (QED) is 0.148. The van der Waals surface area contributed by atoms with Crippen molar-refractivity contribution in [1.82, 2.24) is 15.1 Å². The molecule has 5 aliphatic carbocycles. The molecule has 7 rings (SSSR count). The summed E-state index contributed by atoms with van der Waals surface area (Å²) in [5.41, 5.74) is -0.689. The lowest BCUT2D eigenvalue weighted by molar-refractivity contribution is -0.147. The van der Waals surface area contributed by atoms with Crippen molar-refractivity contribution in [3.63, 3.8) is 0 Å². The highest BCUT2D eigenvalue weighted by molar-refractivity contribution is 6.38. The molecule has 0 unspecified atom stereocenters. The number of amides is 2. The molecule has 318 valence electrons. The molecule has 2 spiro atoms. The van der Waals surface area contributed by atoms with E-state index in [0.717, 1.165) is 103 Å². The fourth-order valence-electron chi connectivity index (χ4n) is 12.9. The molecule has 2 saturated heterocycles. The van der Waals surface area contributed by atoms with Gasteiger partial charge in [-0.2, -0.15) is 0 Å². The van der Waals surface area contributed by atoms with Crippen LogP contribution in [0.15, 0.2) is 0 Å². The van der Waals surface area contributed by atoms with E-state index in [-0.39, 0.29) is 76.6 Å². The van der Waals surface area contributed by atoms with Crippen molar-refractivity contribution in [3.05, 3.63) is 0 Å². The van der Waals surface area contributed by atoms with Crippen LogP contribution in [0.1, 0.15) is 183 Å². The van der Waals surface area contributed by atoms with Crippen molar-refractivity contribution < 1.29 is 28.8 Å². The van der Waals surface area contributed by atoms with Crippen LogP contribution in [0.5, 0.6) is 0 Å². The lowest BCUT2D eigenvalue weighted by Crippen LogP contribution is -2.58. The summed E-state index contributed by atoms with van der Waals surface area (Å²) in [5.74, 6) is -2.08. The third kappa shape index (κ3) is 7.99. The number of fused-ring (bicyclic) bond motifs is 1. The van der Waals surface area contributed by atoms with Gasteiger partial charge in [0.25, 0.3) is 0 Å². The first-order chi connectivity index (χ1) is 27.0. The molecule has 0 bridgehead atoms. The van der Waals surface area contributed by atoms with Gasteiger partial charge in [0.05, 0.1) is 18.1 Å². The Morgan fingerprint density at radius 3 is 2.02 bits per heavy atom. The summed E-state index contributed by atoms with van der Waals surface area (Å²) in [6.45, 7) is 14.1. The average molecular weight is 790 g/mol. The van der Waals surface area contributed by atoms with E-state index in [1.165, 1.54) is 6.42 Å². The summed E-state index contributed by atoms with van der Waals surface area (Å²) in [6, 6.07) is -1.05. The third-order valence-electron chi connectivity index (χ3n) is 17.3. The molecule has 0 radical (unpaired) electrons. The Kier molecular flexibility index (Phi) is 12.4. The normalized spacial score (nSPS) is 30.2. The van der Waals surface area contributed by atoms with E-state index >= 15 is 4.79 Å². The lowest BCUT2D eigenvalue weighted by Gasteiger charge is -2.45. The molecule has 2 heterocycles. The summed E-state index contributed by atoms with van der Waals surface area (Å²) in [5, 5.41) is 3.34. The van der Waals surface area contributed by atoms with Crippen LogP contribution in [0.25, 0.3) is 0 Å². The van der Waals surface area contributed by atoms with Crippen LogP contribution in [0, 0.1) is 45.3 Å². The zero-order valence-electron chi connectivity index (χ0n) is 36.4. The molecule has 7 fully saturated rings. The molecule has 6 atom stereocenters. The first-order valence-corrected chi connectivity index (χ1v) is 23.5. The smallest absolute Gasteiger partial charge is 0.237 e. The van der Waals surface area contributed by atoms with Crippen LogP contribution in [-0.4, -0.2) is 82.0 Å². The highest BCUT2D eigenvalue weighted by Gasteiger charge is 2.85. The van der Waals surface area contributed by atoms with E-state index in [4.69, 9.17) is 0 Å². The van der Waals surface area contributed by atoms with Crippen molar-refractivity contribution in [2.45, 2.75) is 207 Å². The molecule has 2 aliphatic heterocycles. The van der Waals surface area contributed by atoms with Gasteiger partial charge in [0.1, 0.15) is 0 Å².